The van der Waals surface area contributed by atoms with E-state index in [9.17, 15) is 5.11 Å². The fraction of sp³-hybridized carbons (Fsp3) is 0.389. The Bertz CT molecular complexity index is 773. The third-order valence-corrected chi connectivity index (χ3v) is 5.65. The molecule has 0 spiro atoms. The number of aromatic nitrogens is 2. The minimum atomic E-state index is -0.617. The van der Waals surface area contributed by atoms with Gasteiger partial charge in [0.15, 0.2) is 0 Å². The molecule has 0 bridgehead atoms. The zero-order chi connectivity index (χ0) is 15.7. The maximum absolute atomic E-state index is 11.0. The van der Waals surface area contributed by atoms with Crippen LogP contribution in [0.25, 0.3) is 10.9 Å². The van der Waals surface area contributed by atoms with Crippen molar-refractivity contribution in [3.63, 3.8) is 0 Å². The zero-order valence-corrected chi connectivity index (χ0v) is 13.9. The smallest absolute Gasteiger partial charge is 0.0850 e. The van der Waals surface area contributed by atoms with Crippen LogP contribution in [0.1, 0.15) is 17.7 Å². The molecule has 0 unspecified atom stereocenters. The Balaban J connectivity index is 1.42. The first-order valence-corrected chi connectivity index (χ1v) is 8.96. The van der Waals surface area contributed by atoms with Gasteiger partial charge in [0.05, 0.1) is 23.9 Å². The van der Waals surface area contributed by atoms with Gasteiger partial charge in [0.2, 0.25) is 0 Å². The van der Waals surface area contributed by atoms with Gasteiger partial charge in [0.1, 0.15) is 0 Å². The van der Waals surface area contributed by atoms with Crippen molar-refractivity contribution in [2.24, 2.45) is 0 Å². The number of rotatable bonds is 4. The first kappa shape index (κ1) is 14.9. The van der Waals surface area contributed by atoms with Gasteiger partial charge in [-0.2, -0.15) is 0 Å². The number of fused-ring (bicyclic) bond motifs is 1. The van der Waals surface area contributed by atoms with Gasteiger partial charge in [-0.15, -0.1) is 11.3 Å². The van der Waals surface area contributed by atoms with E-state index >= 15 is 0 Å². The monoisotopic (exact) mass is 327 g/mol. The second-order valence-electron chi connectivity index (χ2n) is 6.46. The van der Waals surface area contributed by atoms with E-state index < -0.39 is 5.60 Å². The van der Waals surface area contributed by atoms with Crippen molar-refractivity contribution < 1.29 is 5.11 Å². The van der Waals surface area contributed by atoms with Crippen molar-refractivity contribution in [1.82, 2.24) is 14.5 Å². The normalized spacial score (nSPS) is 18.5. The quantitative estimate of drug-likeness (QED) is 0.800. The molecule has 3 aromatic heterocycles. The van der Waals surface area contributed by atoms with Gasteiger partial charge >= 0.3 is 0 Å². The Morgan fingerprint density at radius 3 is 2.87 bits per heavy atom. The summed E-state index contributed by atoms with van der Waals surface area (Å²) in [7, 11) is 0. The minimum Gasteiger partial charge on any atom is -0.388 e. The summed E-state index contributed by atoms with van der Waals surface area (Å²) < 4.78 is 2.14. The molecule has 0 amide bonds. The molecule has 1 N–H and O–H groups in total. The van der Waals surface area contributed by atoms with E-state index in [0.717, 1.165) is 38.0 Å². The van der Waals surface area contributed by atoms with E-state index in [4.69, 9.17) is 0 Å². The summed E-state index contributed by atoms with van der Waals surface area (Å²) in [6.45, 7) is 3.55. The Morgan fingerprint density at radius 1 is 1.22 bits per heavy atom. The first-order valence-electron chi connectivity index (χ1n) is 8.08. The van der Waals surface area contributed by atoms with Crippen LogP contribution < -0.4 is 0 Å². The lowest BCUT2D eigenvalue weighted by molar-refractivity contribution is -0.0347. The summed E-state index contributed by atoms with van der Waals surface area (Å²) in [5, 5.41) is 14.3. The SMILES string of the molecule is OC1(Cn2ccc3ccncc32)CCN(Cc2cccs2)CC1. The van der Waals surface area contributed by atoms with E-state index in [-0.39, 0.29) is 0 Å². The summed E-state index contributed by atoms with van der Waals surface area (Å²) in [4.78, 5) is 8.05. The van der Waals surface area contributed by atoms with Crippen molar-refractivity contribution in [3.8, 4) is 0 Å². The van der Waals surface area contributed by atoms with E-state index in [1.54, 1.807) is 11.3 Å². The summed E-state index contributed by atoms with van der Waals surface area (Å²) in [6, 6.07) is 8.39. The summed E-state index contributed by atoms with van der Waals surface area (Å²) in [5.41, 5.74) is 0.482. The van der Waals surface area contributed by atoms with Crippen molar-refractivity contribution >= 4 is 22.2 Å². The third-order valence-electron chi connectivity index (χ3n) is 4.79. The van der Waals surface area contributed by atoms with Crippen LogP contribution in [-0.2, 0) is 13.1 Å². The number of hydrogen-bond donors (Lipinski definition) is 1. The fourth-order valence-corrected chi connectivity index (χ4v) is 4.14. The van der Waals surface area contributed by atoms with E-state index in [0.29, 0.717) is 6.54 Å². The molecule has 0 saturated carbocycles. The number of piperidine rings is 1. The van der Waals surface area contributed by atoms with Crippen LogP contribution in [0.4, 0.5) is 0 Å². The van der Waals surface area contributed by atoms with Crippen LogP contribution in [0, 0.1) is 0 Å². The molecule has 0 atom stereocenters. The number of aliphatic hydroxyl groups is 1. The van der Waals surface area contributed by atoms with Crippen molar-refractivity contribution in [2.75, 3.05) is 13.1 Å². The lowest BCUT2D eigenvalue weighted by Crippen LogP contribution is -2.46. The molecular weight excluding hydrogens is 306 g/mol. The van der Waals surface area contributed by atoms with Crippen LogP contribution in [0.15, 0.2) is 48.2 Å². The third kappa shape index (κ3) is 3.17. The molecule has 0 aromatic carbocycles. The lowest BCUT2D eigenvalue weighted by Gasteiger charge is -2.38. The van der Waals surface area contributed by atoms with Crippen molar-refractivity contribution in [2.45, 2.75) is 31.5 Å². The average molecular weight is 327 g/mol. The number of pyridine rings is 1. The maximum atomic E-state index is 11.0. The van der Waals surface area contributed by atoms with Gasteiger partial charge in [0.25, 0.3) is 0 Å². The number of thiophene rings is 1. The molecule has 0 radical (unpaired) electrons. The van der Waals surface area contributed by atoms with E-state index in [1.165, 1.54) is 10.3 Å². The molecule has 120 valence electrons. The van der Waals surface area contributed by atoms with E-state index in [1.807, 2.05) is 18.5 Å². The number of hydrogen-bond acceptors (Lipinski definition) is 4. The molecule has 4 heterocycles. The van der Waals surface area contributed by atoms with Gasteiger partial charge in [-0.1, -0.05) is 6.07 Å². The Hall–Kier alpha value is -1.69. The Morgan fingerprint density at radius 2 is 2.09 bits per heavy atom. The number of likely N-dealkylation sites (tertiary alicyclic amines) is 1. The highest BCUT2D eigenvalue weighted by molar-refractivity contribution is 7.09. The molecule has 1 fully saturated rings. The Kier molecular flexibility index (Phi) is 3.93. The highest BCUT2D eigenvalue weighted by Gasteiger charge is 2.32. The van der Waals surface area contributed by atoms with Crippen molar-refractivity contribution in [3.05, 3.63) is 53.1 Å². The second kappa shape index (κ2) is 6.07. The average Bonchev–Trinajstić information content (AvgIpc) is 3.20. The number of nitrogens with zero attached hydrogens (tertiary/aromatic N) is 3. The Labute approximate surface area is 140 Å². The minimum absolute atomic E-state index is 0.617. The molecular formula is C18H21N3OS. The van der Waals surface area contributed by atoms with Gasteiger partial charge in [-0.25, -0.2) is 0 Å². The predicted molar refractivity (Wildman–Crippen MR) is 93.5 cm³/mol. The molecule has 5 heteroatoms. The second-order valence-corrected chi connectivity index (χ2v) is 7.49. The molecule has 1 aliphatic heterocycles. The maximum Gasteiger partial charge on any atom is 0.0850 e. The van der Waals surface area contributed by atoms with Crippen LogP contribution in [0.3, 0.4) is 0 Å². The van der Waals surface area contributed by atoms with Crippen LogP contribution in [-0.4, -0.2) is 38.2 Å². The van der Waals surface area contributed by atoms with Crippen molar-refractivity contribution in [1.29, 1.82) is 0 Å². The summed E-state index contributed by atoms with van der Waals surface area (Å²) >= 11 is 1.81. The topological polar surface area (TPSA) is 41.3 Å². The van der Waals surface area contributed by atoms with Gasteiger partial charge < -0.3 is 9.67 Å². The molecule has 4 nitrogen and oxygen atoms in total. The van der Waals surface area contributed by atoms with Crippen LogP contribution in [0.5, 0.6) is 0 Å². The lowest BCUT2D eigenvalue weighted by atomic mass is 9.91. The highest BCUT2D eigenvalue weighted by atomic mass is 32.1. The highest BCUT2D eigenvalue weighted by Crippen LogP contribution is 2.27. The van der Waals surface area contributed by atoms with E-state index in [2.05, 4.69) is 44.2 Å². The molecule has 23 heavy (non-hydrogen) atoms. The first-order chi connectivity index (χ1) is 11.2. The van der Waals surface area contributed by atoms with Gasteiger partial charge in [-0.3, -0.25) is 9.88 Å². The molecule has 4 rings (SSSR count). The largest absolute Gasteiger partial charge is 0.388 e. The fourth-order valence-electron chi connectivity index (χ4n) is 3.39. The van der Waals surface area contributed by atoms with Crippen LogP contribution >= 0.6 is 11.3 Å². The molecule has 1 aliphatic rings. The summed E-state index contributed by atoms with van der Waals surface area (Å²) in [5.74, 6) is 0. The van der Waals surface area contributed by atoms with Gasteiger partial charge in [-0.05, 0) is 36.4 Å². The molecule has 1 saturated heterocycles. The van der Waals surface area contributed by atoms with Crippen LogP contribution in [0.2, 0.25) is 0 Å². The zero-order valence-electron chi connectivity index (χ0n) is 13.1. The summed E-state index contributed by atoms with van der Waals surface area (Å²) in [6.07, 6.45) is 7.38. The molecule has 3 aromatic rings. The standard InChI is InChI=1S/C18H21N3OS/c22-18(14-21-8-4-15-3-7-19-12-17(15)21)5-9-20(10-6-18)13-16-2-1-11-23-16/h1-4,7-8,11-12,22H,5-6,9-10,13-14H2. The predicted octanol–water partition coefficient (Wildman–Crippen LogP) is 3.12. The molecule has 0 aliphatic carbocycles. The van der Waals surface area contributed by atoms with Gasteiger partial charge in [0, 0.05) is 42.3 Å².